The Morgan fingerprint density at radius 1 is 1.10 bits per heavy atom. The Bertz CT molecular complexity index is 1210. The summed E-state index contributed by atoms with van der Waals surface area (Å²) in [7, 11) is 0. The minimum absolute atomic E-state index is 0. The monoisotopic (exact) mass is 538 g/mol. The van der Waals surface area contributed by atoms with Gasteiger partial charge >= 0.3 is 0 Å². The number of benzene rings is 1. The standard InChI is InChI=1S/C23H20Cl2N2O2S.BrH/c24-19-5-4-17(11-20(19)25)23(7-2-8-23)21-15-30-22(26-12-18-3-1-9-29-18)27(21)13-16-6-10-28-14-16;/h1,3-6,9-11,14-15H,2,7-8,12-13H2;1H. The average Bonchev–Trinajstić information content (AvgIpc) is 3.46. The van der Waals surface area contributed by atoms with Gasteiger partial charge < -0.3 is 13.4 Å². The number of halogens is 3. The van der Waals surface area contributed by atoms with Crippen molar-refractivity contribution < 1.29 is 8.83 Å². The van der Waals surface area contributed by atoms with Crippen molar-refractivity contribution >= 4 is 51.5 Å². The van der Waals surface area contributed by atoms with Crippen LogP contribution in [0.3, 0.4) is 0 Å². The zero-order valence-electron chi connectivity index (χ0n) is 16.6. The molecule has 1 aliphatic rings. The fourth-order valence-corrected chi connectivity index (χ4v) is 5.41. The quantitative estimate of drug-likeness (QED) is 0.259. The highest BCUT2D eigenvalue weighted by Gasteiger charge is 2.43. The fourth-order valence-electron chi connectivity index (χ4n) is 4.12. The molecule has 8 heteroatoms. The molecule has 1 aromatic carbocycles. The maximum atomic E-state index is 6.38. The Balaban J connectivity index is 0.00000231. The van der Waals surface area contributed by atoms with E-state index < -0.39 is 0 Å². The molecule has 0 N–H and O–H groups in total. The molecule has 0 bridgehead atoms. The third kappa shape index (κ3) is 4.31. The van der Waals surface area contributed by atoms with Gasteiger partial charge in [0.15, 0.2) is 4.80 Å². The molecular formula is C23H21BrCl2N2O2S. The summed E-state index contributed by atoms with van der Waals surface area (Å²) in [4.78, 5) is 5.82. The van der Waals surface area contributed by atoms with Crippen molar-refractivity contribution in [2.75, 3.05) is 0 Å². The molecule has 1 fully saturated rings. The van der Waals surface area contributed by atoms with E-state index in [2.05, 4.69) is 16.0 Å². The van der Waals surface area contributed by atoms with E-state index in [4.69, 9.17) is 37.0 Å². The van der Waals surface area contributed by atoms with E-state index in [-0.39, 0.29) is 22.4 Å². The van der Waals surface area contributed by atoms with Gasteiger partial charge in [-0.15, -0.1) is 28.3 Å². The van der Waals surface area contributed by atoms with Crippen LogP contribution in [0.5, 0.6) is 0 Å². The van der Waals surface area contributed by atoms with Gasteiger partial charge in [0.25, 0.3) is 0 Å². The van der Waals surface area contributed by atoms with E-state index in [9.17, 15) is 0 Å². The van der Waals surface area contributed by atoms with E-state index >= 15 is 0 Å². The van der Waals surface area contributed by atoms with Gasteiger partial charge in [0.05, 0.1) is 35.4 Å². The molecule has 4 nitrogen and oxygen atoms in total. The van der Waals surface area contributed by atoms with Crippen molar-refractivity contribution in [2.45, 2.75) is 37.8 Å². The molecule has 0 radical (unpaired) electrons. The second-order valence-corrected chi connectivity index (χ2v) is 9.23. The third-order valence-electron chi connectivity index (χ3n) is 5.84. The lowest BCUT2D eigenvalue weighted by atomic mass is 9.62. The lowest BCUT2D eigenvalue weighted by molar-refractivity contribution is 0.284. The summed E-state index contributed by atoms with van der Waals surface area (Å²) in [5, 5.41) is 3.42. The van der Waals surface area contributed by atoms with E-state index in [1.165, 1.54) is 17.7 Å². The fraction of sp³-hybridized carbons (Fsp3) is 0.261. The maximum absolute atomic E-state index is 6.38. The predicted octanol–water partition coefficient (Wildman–Crippen LogP) is 7.24. The average molecular weight is 540 g/mol. The summed E-state index contributed by atoms with van der Waals surface area (Å²) < 4.78 is 13.1. The molecule has 1 aliphatic carbocycles. The van der Waals surface area contributed by atoms with Gasteiger partial charge in [0.1, 0.15) is 12.3 Å². The van der Waals surface area contributed by atoms with Crippen LogP contribution >= 0.6 is 51.5 Å². The Labute approximate surface area is 204 Å². The molecule has 0 amide bonds. The van der Waals surface area contributed by atoms with Crippen LogP contribution in [-0.2, 0) is 18.5 Å². The highest BCUT2D eigenvalue weighted by atomic mass is 79.9. The summed E-state index contributed by atoms with van der Waals surface area (Å²) in [6.07, 6.45) is 8.50. The summed E-state index contributed by atoms with van der Waals surface area (Å²) in [6.45, 7) is 1.22. The molecule has 0 saturated heterocycles. The Morgan fingerprint density at radius 3 is 2.61 bits per heavy atom. The number of rotatable bonds is 6. The van der Waals surface area contributed by atoms with Crippen molar-refractivity contribution in [2.24, 2.45) is 4.99 Å². The third-order valence-corrected chi connectivity index (χ3v) is 7.48. The smallest absolute Gasteiger partial charge is 0.185 e. The van der Waals surface area contributed by atoms with E-state index in [0.717, 1.165) is 29.0 Å². The first-order valence-corrected chi connectivity index (χ1v) is 11.5. The highest BCUT2D eigenvalue weighted by molar-refractivity contribution is 8.93. The zero-order valence-corrected chi connectivity index (χ0v) is 20.6. The summed E-state index contributed by atoms with van der Waals surface area (Å²) in [6, 6.07) is 11.8. The molecule has 162 valence electrons. The first-order valence-electron chi connectivity index (χ1n) is 9.84. The molecule has 5 rings (SSSR count). The molecule has 31 heavy (non-hydrogen) atoms. The van der Waals surface area contributed by atoms with Crippen LogP contribution in [0.1, 0.15) is 41.8 Å². The van der Waals surface area contributed by atoms with Gasteiger partial charge in [-0.1, -0.05) is 35.7 Å². The Hall–Kier alpha value is -1.73. The number of furan rings is 2. The second-order valence-electron chi connectivity index (χ2n) is 7.58. The molecular weight excluding hydrogens is 519 g/mol. The van der Waals surface area contributed by atoms with Crippen LogP contribution < -0.4 is 4.80 Å². The molecule has 4 aromatic rings. The van der Waals surface area contributed by atoms with Gasteiger partial charge in [-0.2, -0.15) is 0 Å². The molecule has 0 atom stereocenters. The van der Waals surface area contributed by atoms with Crippen molar-refractivity contribution in [3.8, 4) is 0 Å². The van der Waals surface area contributed by atoms with Crippen LogP contribution in [0.4, 0.5) is 0 Å². The number of hydrogen-bond donors (Lipinski definition) is 0. The second kappa shape index (κ2) is 9.41. The minimum atomic E-state index is -0.0765. The minimum Gasteiger partial charge on any atom is -0.472 e. The van der Waals surface area contributed by atoms with Crippen LogP contribution in [0, 0.1) is 0 Å². The van der Waals surface area contributed by atoms with Crippen molar-refractivity contribution in [1.29, 1.82) is 0 Å². The van der Waals surface area contributed by atoms with Crippen LogP contribution in [0.2, 0.25) is 10.0 Å². The molecule has 3 heterocycles. The number of thiazole rings is 1. The van der Waals surface area contributed by atoms with Gasteiger partial charge in [-0.25, -0.2) is 0 Å². The van der Waals surface area contributed by atoms with Gasteiger partial charge in [0, 0.05) is 22.1 Å². The van der Waals surface area contributed by atoms with E-state index in [1.807, 2.05) is 30.3 Å². The molecule has 3 aromatic heterocycles. The van der Waals surface area contributed by atoms with Crippen LogP contribution in [0.25, 0.3) is 0 Å². The van der Waals surface area contributed by atoms with E-state index in [0.29, 0.717) is 23.1 Å². The Morgan fingerprint density at radius 2 is 1.97 bits per heavy atom. The first-order chi connectivity index (χ1) is 14.7. The summed E-state index contributed by atoms with van der Waals surface area (Å²) >= 11 is 14.2. The van der Waals surface area contributed by atoms with Gasteiger partial charge in [-0.05, 0) is 48.7 Å². The van der Waals surface area contributed by atoms with Gasteiger partial charge in [0.2, 0.25) is 0 Å². The van der Waals surface area contributed by atoms with Crippen molar-refractivity contribution in [1.82, 2.24) is 4.57 Å². The molecule has 0 aliphatic heterocycles. The topological polar surface area (TPSA) is 43.6 Å². The molecule has 0 spiro atoms. The van der Waals surface area contributed by atoms with Crippen molar-refractivity contribution in [3.05, 3.63) is 98.0 Å². The normalized spacial score (nSPS) is 15.5. The van der Waals surface area contributed by atoms with E-state index in [1.54, 1.807) is 30.1 Å². The lowest BCUT2D eigenvalue weighted by Crippen LogP contribution is -2.39. The molecule has 0 unspecified atom stereocenters. The van der Waals surface area contributed by atoms with Crippen LogP contribution in [-0.4, -0.2) is 4.57 Å². The zero-order chi connectivity index (χ0) is 20.6. The summed E-state index contributed by atoms with van der Waals surface area (Å²) in [5.74, 6) is 0.850. The SMILES string of the molecule is Br.Clc1ccc(C2(c3csc(=NCc4ccco4)n3Cc3ccoc3)CCC2)cc1Cl. The highest BCUT2D eigenvalue weighted by Crippen LogP contribution is 2.50. The van der Waals surface area contributed by atoms with Crippen LogP contribution in [0.15, 0.2) is 74.4 Å². The number of hydrogen-bond acceptors (Lipinski definition) is 4. The van der Waals surface area contributed by atoms with Crippen molar-refractivity contribution in [3.63, 3.8) is 0 Å². The predicted molar refractivity (Wildman–Crippen MR) is 130 cm³/mol. The lowest BCUT2D eigenvalue weighted by Gasteiger charge is -2.43. The maximum Gasteiger partial charge on any atom is 0.185 e. The summed E-state index contributed by atoms with van der Waals surface area (Å²) in [5.41, 5.74) is 3.50. The number of aromatic nitrogens is 1. The first kappa shape index (κ1) is 22.5. The largest absolute Gasteiger partial charge is 0.472 e. The number of nitrogens with zero attached hydrogens (tertiary/aromatic N) is 2. The van der Waals surface area contributed by atoms with Gasteiger partial charge in [-0.3, -0.25) is 4.99 Å². The molecule has 1 saturated carbocycles. The Kier molecular flexibility index (Phi) is 6.82.